The van der Waals surface area contributed by atoms with Crippen molar-refractivity contribution in [2.45, 2.75) is 25.0 Å². The largest absolute Gasteiger partial charge is 0.285 e. The van der Waals surface area contributed by atoms with Crippen LogP contribution in [-0.4, -0.2) is 18.2 Å². The molecule has 0 aromatic carbocycles. The highest BCUT2D eigenvalue weighted by atomic mass is 32.2. The van der Waals surface area contributed by atoms with E-state index in [0.717, 1.165) is 6.42 Å². The zero-order valence-electron chi connectivity index (χ0n) is 6.40. The Bertz CT molecular complexity index is 253. The van der Waals surface area contributed by atoms with E-state index in [9.17, 15) is 8.42 Å². The minimum absolute atomic E-state index is 0.438. The topological polar surface area (TPSA) is 54.4 Å². The van der Waals surface area contributed by atoms with Gasteiger partial charge in [-0.1, -0.05) is 19.1 Å². The predicted octanol–water partition coefficient (Wildman–Crippen LogP) is 1.23. The van der Waals surface area contributed by atoms with Crippen LogP contribution in [0.2, 0.25) is 0 Å². The average molecular weight is 176 g/mol. The van der Waals surface area contributed by atoms with E-state index in [0.29, 0.717) is 12.3 Å². The molecule has 1 rings (SSSR count). The maximum Gasteiger partial charge on any atom is 0.271 e. The van der Waals surface area contributed by atoms with Crippen LogP contribution >= 0.6 is 0 Å². The van der Waals surface area contributed by atoms with Crippen molar-refractivity contribution in [2.75, 3.05) is 0 Å². The van der Waals surface area contributed by atoms with Gasteiger partial charge in [0.05, 0.1) is 0 Å². The van der Waals surface area contributed by atoms with E-state index in [2.05, 4.69) is 0 Å². The first kappa shape index (κ1) is 8.74. The molecule has 1 aliphatic rings. The van der Waals surface area contributed by atoms with Crippen LogP contribution in [0.5, 0.6) is 0 Å². The second-order valence-corrected chi connectivity index (χ2v) is 4.63. The summed E-state index contributed by atoms with van der Waals surface area (Å²) in [6, 6.07) is 0. The van der Waals surface area contributed by atoms with Crippen molar-refractivity contribution in [2.24, 2.45) is 5.92 Å². The second-order valence-electron chi connectivity index (χ2n) is 2.99. The lowest BCUT2D eigenvalue weighted by Gasteiger charge is -2.17. The molecule has 0 spiro atoms. The molecule has 64 valence electrons. The van der Waals surface area contributed by atoms with E-state index in [1.165, 1.54) is 0 Å². The lowest BCUT2D eigenvalue weighted by atomic mass is 9.98. The molecular formula is C7H12O3S. The van der Waals surface area contributed by atoms with Gasteiger partial charge >= 0.3 is 0 Å². The Morgan fingerprint density at radius 3 is 2.36 bits per heavy atom. The highest BCUT2D eigenvalue weighted by Crippen LogP contribution is 2.20. The summed E-state index contributed by atoms with van der Waals surface area (Å²) in [5, 5.41) is -0.668. The van der Waals surface area contributed by atoms with Crippen LogP contribution in [-0.2, 0) is 10.1 Å². The molecule has 0 radical (unpaired) electrons. The molecule has 0 aliphatic heterocycles. The predicted molar refractivity (Wildman–Crippen MR) is 42.9 cm³/mol. The van der Waals surface area contributed by atoms with Crippen LogP contribution in [0.25, 0.3) is 0 Å². The molecule has 0 bridgehead atoms. The Labute approximate surface area is 66.9 Å². The minimum atomic E-state index is -3.84. The van der Waals surface area contributed by atoms with Crippen LogP contribution < -0.4 is 0 Å². The Kier molecular flexibility index (Phi) is 2.34. The molecule has 0 aromatic heterocycles. The van der Waals surface area contributed by atoms with Gasteiger partial charge in [0.2, 0.25) is 0 Å². The van der Waals surface area contributed by atoms with Gasteiger partial charge in [-0.05, 0) is 18.8 Å². The summed E-state index contributed by atoms with van der Waals surface area (Å²) in [4.78, 5) is 0. The third-order valence-corrected chi connectivity index (χ3v) is 3.10. The second kappa shape index (κ2) is 2.95. The first-order valence-corrected chi connectivity index (χ1v) is 5.15. The van der Waals surface area contributed by atoms with E-state index < -0.39 is 15.4 Å². The van der Waals surface area contributed by atoms with E-state index in [1.54, 1.807) is 6.08 Å². The first-order valence-electron chi connectivity index (χ1n) is 3.65. The van der Waals surface area contributed by atoms with Gasteiger partial charge in [0.25, 0.3) is 10.1 Å². The number of hydrogen-bond acceptors (Lipinski definition) is 2. The lowest BCUT2D eigenvalue weighted by molar-refractivity contribution is 0.461. The summed E-state index contributed by atoms with van der Waals surface area (Å²) in [6.45, 7) is 2.02. The minimum Gasteiger partial charge on any atom is -0.285 e. The van der Waals surface area contributed by atoms with Gasteiger partial charge in [0, 0.05) is 0 Å². The van der Waals surface area contributed by atoms with Crippen molar-refractivity contribution in [3.8, 4) is 0 Å². The number of allylic oxidation sites excluding steroid dienone is 1. The first-order chi connectivity index (χ1) is 5.00. The zero-order chi connectivity index (χ0) is 8.48. The summed E-state index contributed by atoms with van der Waals surface area (Å²) < 4.78 is 29.8. The SMILES string of the molecule is C[C@@H]1C=CC(S(=O)(=O)O)CC1. The third kappa shape index (κ3) is 2.31. The third-order valence-electron chi connectivity index (χ3n) is 1.94. The van der Waals surface area contributed by atoms with Crippen molar-refractivity contribution in [1.29, 1.82) is 0 Å². The van der Waals surface area contributed by atoms with Gasteiger partial charge < -0.3 is 0 Å². The Morgan fingerprint density at radius 2 is 2.00 bits per heavy atom. The molecule has 0 amide bonds. The van der Waals surface area contributed by atoms with Crippen LogP contribution in [0.1, 0.15) is 19.8 Å². The van der Waals surface area contributed by atoms with E-state index >= 15 is 0 Å². The molecule has 2 atom stereocenters. The summed E-state index contributed by atoms with van der Waals surface area (Å²) in [5.41, 5.74) is 0. The lowest BCUT2D eigenvalue weighted by Crippen LogP contribution is -2.21. The van der Waals surface area contributed by atoms with Gasteiger partial charge in [0.15, 0.2) is 0 Å². The summed E-state index contributed by atoms with van der Waals surface area (Å²) in [6.07, 6.45) is 4.78. The fourth-order valence-electron chi connectivity index (χ4n) is 1.18. The summed E-state index contributed by atoms with van der Waals surface area (Å²) in [7, 11) is -3.84. The van der Waals surface area contributed by atoms with Crippen molar-refractivity contribution >= 4 is 10.1 Å². The van der Waals surface area contributed by atoms with Gasteiger partial charge in [0.1, 0.15) is 5.25 Å². The van der Waals surface area contributed by atoms with Gasteiger partial charge in [-0.2, -0.15) is 8.42 Å². The molecule has 0 fully saturated rings. The standard InChI is InChI=1S/C7H12O3S/c1-6-2-4-7(5-3-6)11(8,9)10/h2,4,6-7H,3,5H2,1H3,(H,8,9,10)/t6-,7?/m1/s1. The van der Waals surface area contributed by atoms with Gasteiger partial charge in [-0.25, -0.2) is 0 Å². The van der Waals surface area contributed by atoms with Crippen molar-refractivity contribution in [1.82, 2.24) is 0 Å². The van der Waals surface area contributed by atoms with Gasteiger partial charge in [-0.3, -0.25) is 4.55 Å². The molecule has 0 saturated carbocycles. The van der Waals surface area contributed by atoms with Gasteiger partial charge in [-0.15, -0.1) is 0 Å². The van der Waals surface area contributed by atoms with E-state index in [-0.39, 0.29) is 0 Å². The number of rotatable bonds is 1. The Balaban J connectivity index is 2.73. The maximum atomic E-state index is 10.6. The van der Waals surface area contributed by atoms with Crippen molar-refractivity contribution in [3.05, 3.63) is 12.2 Å². The van der Waals surface area contributed by atoms with Crippen LogP contribution in [0, 0.1) is 5.92 Å². The molecule has 1 N–H and O–H groups in total. The molecule has 1 aliphatic carbocycles. The fraction of sp³-hybridized carbons (Fsp3) is 0.714. The van der Waals surface area contributed by atoms with Crippen LogP contribution in [0.4, 0.5) is 0 Å². The maximum absolute atomic E-state index is 10.6. The Hall–Kier alpha value is -0.350. The summed E-state index contributed by atoms with van der Waals surface area (Å²) >= 11 is 0. The molecular weight excluding hydrogens is 164 g/mol. The highest BCUT2D eigenvalue weighted by Gasteiger charge is 2.23. The molecule has 0 aromatic rings. The van der Waals surface area contributed by atoms with Crippen LogP contribution in [0.3, 0.4) is 0 Å². The summed E-state index contributed by atoms with van der Waals surface area (Å²) in [5.74, 6) is 0.438. The monoisotopic (exact) mass is 176 g/mol. The van der Waals surface area contributed by atoms with Crippen molar-refractivity contribution < 1.29 is 13.0 Å². The van der Waals surface area contributed by atoms with E-state index in [4.69, 9.17) is 4.55 Å². The zero-order valence-corrected chi connectivity index (χ0v) is 7.21. The molecule has 4 heteroatoms. The molecule has 0 heterocycles. The molecule has 1 unspecified atom stereocenters. The number of hydrogen-bond donors (Lipinski definition) is 1. The fourth-order valence-corrected chi connectivity index (χ4v) is 1.90. The highest BCUT2D eigenvalue weighted by molar-refractivity contribution is 7.86. The van der Waals surface area contributed by atoms with Crippen LogP contribution in [0.15, 0.2) is 12.2 Å². The quantitative estimate of drug-likeness (QED) is 0.483. The van der Waals surface area contributed by atoms with E-state index in [1.807, 2.05) is 13.0 Å². The average Bonchev–Trinajstić information content (AvgIpc) is 1.86. The molecule has 11 heavy (non-hydrogen) atoms. The van der Waals surface area contributed by atoms with Crippen molar-refractivity contribution in [3.63, 3.8) is 0 Å². The Morgan fingerprint density at radius 1 is 1.36 bits per heavy atom. The molecule has 0 saturated heterocycles. The smallest absolute Gasteiger partial charge is 0.271 e. The normalized spacial score (nSPS) is 32.2. The molecule has 3 nitrogen and oxygen atoms in total.